The second kappa shape index (κ2) is 9.55. The number of hydrogen-bond acceptors (Lipinski definition) is 4. The van der Waals surface area contributed by atoms with Gasteiger partial charge in [-0.3, -0.25) is 4.79 Å². The lowest BCUT2D eigenvalue weighted by Gasteiger charge is -2.25. The molecule has 4 N–H and O–H groups in total. The summed E-state index contributed by atoms with van der Waals surface area (Å²) < 4.78 is 5.28. The van der Waals surface area contributed by atoms with Crippen molar-refractivity contribution in [2.75, 3.05) is 6.54 Å². The Bertz CT molecular complexity index is 809. The van der Waals surface area contributed by atoms with E-state index in [2.05, 4.69) is 10.6 Å². The van der Waals surface area contributed by atoms with Gasteiger partial charge in [0.25, 0.3) is 0 Å². The van der Waals surface area contributed by atoms with Crippen molar-refractivity contribution in [1.29, 1.82) is 0 Å². The molecule has 2 rings (SSSR count). The number of rotatable bonds is 7. The van der Waals surface area contributed by atoms with Crippen molar-refractivity contribution in [3.63, 3.8) is 0 Å². The predicted molar refractivity (Wildman–Crippen MR) is 112 cm³/mol. The molecule has 2 amide bonds. The summed E-state index contributed by atoms with van der Waals surface area (Å²) in [6.45, 7) is 7.73. The first-order valence-electron chi connectivity index (χ1n) is 9.69. The average molecular weight is 386 g/mol. The third-order valence-corrected chi connectivity index (χ3v) is 4.35. The molecule has 152 valence electrons. The van der Waals surface area contributed by atoms with Gasteiger partial charge in [-0.25, -0.2) is 4.79 Å². The molecular weight excluding hydrogens is 354 g/mol. The molecule has 0 unspecified atom stereocenters. The number of benzene rings is 2. The van der Waals surface area contributed by atoms with Crippen molar-refractivity contribution in [2.45, 2.75) is 58.2 Å². The Morgan fingerprint density at radius 2 is 1.75 bits per heavy atom. The van der Waals surface area contributed by atoms with Crippen LogP contribution in [-0.4, -0.2) is 30.2 Å². The summed E-state index contributed by atoms with van der Waals surface area (Å²) in [5, 5.41) is 7.90. The number of ether oxygens (including phenoxy) is 1. The third kappa shape index (κ3) is 6.23. The van der Waals surface area contributed by atoms with Gasteiger partial charge in [0.1, 0.15) is 11.6 Å². The second-order valence-electron chi connectivity index (χ2n) is 7.93. The molecule has 0 fully saturated rings. The van der Waals surface area contributed by atoms with E-state index in [1.807, 2.05) is 49.4 Å². The van der Waals surface area contributed by atoms with Crippen LogP contribution >= 0.6 is 0 Å². The first-order chi connectivity index (χ1) is 13.2. The fraction of sp³-hybridized carbons (Fsp3) is 0.455. The van der Waals surface area contributed by atoms with Crippen LogP contribution < -0.4 is 16.4 Å². The van der Waals surface area contributed by atoms with Crippen LogP contribution in [0.15, 0.2) is 42.5 Å². The SMILES string of the molecule is C[C@H](NC(=O)[C@@H](CCCN)NC(=O)OC(C)(C)C)c1cccc2ccccc12. The summed E-state index contributed by atoms with van der Waals surface area (Å²) in [5.41, 5.74) is 5.99. The standard InChI is InChI=1S/C22H31N3O3/c1-15(17-12-7-10-16-9-5-6-11-18(16)17)24-20(26)19(13-8-14-23)25-21(27)28-22(2,3)4/h5-7,9-12,15,19H,8,13-14,23H2,1-4H3,(H,24,26)(H,25,27)/t15-,19+/m0/s1. The van der Waals surface area contributed by atoms with Crippen molar-refractivity contribution < 1.29 is 14.3 Å². The molecule has 0 radical (unpaired) electrons. The number of hydrogen-bond donors (Lipinski definition) is 3. The van der Waals surface area contributed by atoms with Crippen LogP contribution in [0.2, 0.25) is 0 Å². The summed E-state index contributed by atoms with van der Waals surface area (Å²) in [6, 6.07) is 13.2. The van der Waals surface area contributed by atoms with Crippen LogP contribution in [-0.2, 0) is 9.53 Å². The number of nitrogens with one attached hydrogen (secondary N) is 2. The van der Waals surface area contributed by atoms with Crippen LogP contribution in [0.1, 0.15) is 52.1 Å². The van der Waals surface area contributed by atoms with E-state index >= 15 is 0 Å². The Morgan fingerprint density at radius 1 is 1.07 bits per heavy atom. The zero-order valence-electron chi connectivity index (χ0n) is 17.1. The third-order valence-electron chi connectivity index (χ3n) is 4.35. The van der Waals surface area contributed by atoms with Gasteiger partial charge in [0, 0.05) is 0 Å². The zero-order valence-corrected chi connectivity index (χ0v) is 17.1. The summed E-state index contributed by atoms with van der Waals surface area (Å²) >= 11 is 0. The molecule has 28 heavy (non-hydrogen) atoms. The number of carbonyl (C=O) groups excluding carboxylic acids is 2. The number of alkyl carbamates (subject to hydrolysis) is 1. The number of fused-ring (bicyclic) bond motifs is 1. The molecule has 2 aromatic carbocycles. The van der Waals surface area contributed by atoms with Gasteiger partial charge in [-0.15, -0.1) is 0 Å². The van der Waals surface area contributed by atoms with Crippen LogP contribution in [0.3, 0.4) is 0 Å². The smallest absolute Gasteiger partial charge is 0.408 e. The number of carbonyl (C=O) groups is 2. The minimum atomic E-state index is -0.698. The fourth-order valence-electron chi connectivity index (χ4n) is 3.06. The Kier molecular flexibility index (Phi) is 7.40. The van der Waals surface area contributed by atoms with Crippen molar-refractivity contribution in [3.05, 3.63) is 48.0 Å². The molecule has 0 spiro atoms. The van der Waals surface area contributed by atoms with Gasteiger partial charge in [0.15, 0.2) is 0 Å². The Morgan fingerprint density at radius 3 is 2.43 bits per heavy atom. The van der Waals surface area contributed by atoms with Crippen LogP contribution in [0.25, 0.3) is 10.8 Å². The summed E-state index contributed by atoms with van der Waals surface area (Å²) in [7, 11) is 0. The van der Waals surface area contributed by atoms with E-state index in [0.717, 1.165) is 16.3 Å². The summed E-state index contributed by atoms with van der Waals surface area (Å²) in [6.07, 6.45) is 0.461. The van der Waals surface area contributed by atoms with E-state index < -0.39 is 17.7 Å². The van der Waals surface area contributed by atoms with Gasteiger partial charge in [0.2, 0.25) is 5.91 Å². The second-order valence-corrected chi connectivity index (χ2v) is 7.93. The van der Waals surface area contributed by atoms with E-state index in [1.165, 1.54) is 0 Å². The minimum absolute atomic E-state index is 0.209. The number of amides is 2. The lowest BCUT2D eigenvalue weighted by molar-refractivity contribution is -0.124. The maximum atomic E-state index is 12.8. The van der Waals surface area contributed by atoms with E-state index in [9.17, 15) is 9.59 Å². The first kappa shape index (κ1) is 21.7. The van der Waals surface area contributed by atoms with Gasteiger partial charge in [-0.05, 0) is 63.4 Å². The molecule has 0 aliphatic rings. The molecule has 0 aromatic heterocycles. The van der Waals surface area contributed by atoms with Gasteiger partial charge >= 0.3 is 6.09 Å². The largest absolute Gasteiger partial charge is 0.444 e. The molecule has 2 aromatic rings. The molecule has 6 nitrogen and oxygen atoms in total. The highest BCUT2D eigenvalue weighted by molar-refractivity contribution is 5.88. The summed E-state index contributed by atoms with van der Waals surface area (Å²) in [4.78, 5) is 25.0. The molecule has 0 saturated carbocycles. The lowest BCUT2D eigenvalue weighted by atomic mass is 9.99. The van der Waals surface area contributed by atoms with Crippen molar-refractivity contribution in [2.24, 2.45) is 5.73 Å². The highest BCUT2D eigenvalue weighted by atomic mass is 16.6. The molecule has 0 heterocycles. The van der Waals surface area contributed by atoms with Crippen LogP contribution in [0.4, 0.5) is 4.79 Å². The monoisotopic (exact) mass is 385 g/mol. The van der Waals surface area contributed by atoms with Crippen molar-refractivity contribution >= 4 is 22.8 Å². The van der Waals surface area contributed by atoms with Crippen LogP contribution in [0, 0.1) is 0 Å². The Labute approximate surface area is 166 Å². The lowest BCUT2D eigenvalue weighted by Crippen LogP contribution is -2.48. The highest BCUT2D eigenvalue weighted by Gasteiger charge is 2.25. The molecule has 6 heteroatoms. The maximum Gasteiger partial charge on any atom is 0.408 e. The maximum absolute atomic E-state index is 12.8. The Balaban J connectivity index is 2.11. The average Bonchev–Trinajstić information content (AvgIpc) is 2.63. The molecule has 2 atom stereocenters. The summed E-state index contributed by atoms with van der Waals surface area (Å²) in [5.74, 6) is -0.250. The normalized spacial score (nSPS) is 13.6. The molecule has 0 bridgehead atoms. The fourth-order valence-corrected chi connectivity index (χ4v) is 3.06. The molecule has 0 aliphatic heterocycles. The Hall–Kier alpha value is -2.60. The van der Waals surface area contributed by atoms with Crippen molar-refractivity contribution in [1.82, 2.24) is 10.6 Å². The highest BCUT2D eigenvalue weighted by Crippen LogP contribution is 2.24. The van der Waals surface area contributed by atoms with E-state index in [-0.39, 0.29) is 11.9 Å². The van der Waals surface area contributed by atoms with Crippen LogP contribution in [0.5, 0.6) is 0 Å². The van der Waals surface area contributed by atoms with Gasteiger partial charge < -0.3 is 21.1 Å². The minimum Gasteiger partial charge on any atom is -0.444 e. The van der Waals surface area contributed by atoms with E-state index in [4.69, 9.17) is 10.5 Å². The number of nitrogens with two attached hydrogens (primary N) is 1. The topological polar surface area (TPSA) is 93.5 Å². The zero-order chi connectivity index (χ0) is 20.7. The molecular formula is C22H31N3O3. The van der Waals surface area contributed by atoms with E-state index in [0.29, 0.717) is 19.4 Å². The first-order valence-corrected chi connectivity index (χ1v) is 9.69. The van der Waals surface area contributed by atoms with E-state index in [1.54, 1.807) is 20.8 Å². The van der Waals surface area contributed by atoms with Crippen molar-refractivity contribution in [3.8, 4) is 0 Å². The molecule has 0 aliphatic carbocycles. The van der Waals surface area contributed by atoms with Gasteiger partial charge in [-0.2, -0.15) is 0 Å². The quantitative estimate of drug-likeness (QED) is 0.678. The molecule has 0 saturated heterocycles. The predicted octanol–water partition coefficient (Wildman–Crippen LogP) is 3.65. The van der Waals surface area contributed by atoms with Gasteiger partial charge in [0.05, 0.1) is 6.04 Å². The van der Waals surface area contributed by atoms with Gasteiger partial charge in [-0.1, -0.05) is 42.5 Å².